The van der Waals surface area contributed by atoms with E-state index in [2.05, 4.69) is 4.90 Å². The van der Waals surface area contributed by atoms with E-state index >= 15 is 0 Å². The van der Waals surface area contributed by atoms with Gasteiger partial charge in [0, 0.05) is 18.7 Å². The van der Waals surface area contributed by atoms with Crippen LogP contribution < -0.4 is 9.47 Å². The SMILES string of the molecule is CCOc1cc(C2/C(=C(/O)c3ccc(OCC)c(Cl)c3)C(=O)C(=O)N2CCN(CC)CC)ccc1O. The monoisotopic (exact) mass is 516 g/mol. The first-order valence-corrected chi connectivity index (χ1v) is 12.5. The zero-order chi connectivity index (χ0) is 26.4. The minimum atomic E-state index is -0.870. The van der Waals surface area contributed by atoms with Crippen LogP contribution in [-0.2, 0) is 9.59 Å². The Kier molecular flexibility index (Phi) is 9.23. The predicted molar refractivity (Wildman–Crippen MR) is 139 cm³/mol. The van der Waals surface area contributed by atoms with Crippen molar-refractivity contribution < 1.29 is 29.3 Å². The molecule has 2 N–H and O–H groups in total. The van der Waals surface area contributed by atoms with Crippen molar-refractivity contribution in [2.45, 2.75) is 33.7 Å². The van der Waals surface area contributed by atoms with Gasteiger partial charge in [-0.05, 0) is 62.8 Å². The van der Waals surface area contributed by atoms with Gasteiger partial charge in [-0.1, -0.05) is 31.5 Å². The number of aliphatic hydroxyl groups excluding tert-OH is 1. The van der Waals surface area contributed by atoms with Crippen molar-refractivity contribution in [3.63, 3.8) is 0 Å². The molecule has 1 unspecified atom stereocenters. The molecule has 1 heterocycles. The van der Waals surface area contributed by atoms with Crippen LogP contribution in [-0.4, -0.2) is 71.1 Å². The topological polar surface area (TPSA) is 99.5 Å². The number of ether oxygens (including phenoxy) is 2. The Morgan fingerprint density at radius 2 is 1.67 bits per heavy atom. The highest BCUT2D eigenvalue weighted by atomic mass is 35.5. The summed E-state index contributed by atoms with van der Waals surface area (Å²) < 4.78 is 11.0. The molecule has 36 heavy (non-hydrogen) atoms. The number of hydrogen-bond acceptors (Lipinski definition) is 7. The maximum Gasteiger partial charge on any atom is 0.295 e. The van der Waals surface area contributed by atoms with Crippen LogP contribution in [0.2, 0.25) is 5.02 Å². The Labute approximate surface area is 216 Å². The smallest absolute Gasteiger partial charge is 0.295 e. The number of carbonyl (C=O) groups is 2. The van der Waals surface area contributed by atoms with Crippen molar-refractivity contribution in [3.8, 4) is 17.2 Å². The number of aromatic hydroxyl groups is 1. The lowest BCUT2D eigenvalue weighted by Gasteiger charge is -2.28. The third kappa shape index (κ3) is 5.60. The van der Waals surface area contributed by atoms with E-state index in [0.717, 1.165) is 13.1 Å². The van der Waals surface area contributed by atoms with Gasteiger partial charge in [0.25, 0.3) is 11.7 Å². The van der Waals surface area contributed by atoms with Gasteiger partial charge in [-0.15, -0.1) is 0 Å². The number of likely N-dealkylation sites (N-methyl/N-ethyl adjacent to an activating group) is 1. The van der Waals surface area contributed by atoms with Gasteiger partial charge in [0.05, 0.1) is 29.9 Å². The van der Waals surface area contributed by atoms with Crippen LogP contribution in [0.5, 0.6) is 17.2 Å². The van der Waals surface area contributed by atoms with Crippen LogP contribution in [0.15, 0.2) is 42.0 Å². The van der Waals surface area contributed by atoms with Gasteiger partial charge in [0.15, 0.2) is 11.5 Å². The first-order valence-electron chi connectivity index (χ1n) is 12.2. The Morgan fingerprint density at radius 1 is 1.00 bits per heavy atom. The zero-order valence-corrected chi connectivity index (χ0v) is 21.8. The Balaban J connectivity index is 2.14. The quantitative estimate of drug-likeness (QED) is 0.255. The van der Waals surface area contributed by atoms with Crippen LogP contribution in [0.3, 0.4) is 0 Å². The van der Waals surface area contributed by atoms with E-state index in [4.69, 9.17) is 21.1 Å². The van der Waals surface area contributed by atoms with Crippen LogP contribution in [0.1, 0.15) is 44.9 Å². The second kappa shape index (κ2) is 12.1. The van der Waals surface area contributed by atoms with Gasteiger partial charge in [-0.2, -0.15) is 0 Å². The van der Waals surface area contributed by atoms with Crippen LogP contribution in [0.25, 0.3) is 5.76 Å². The Bertz CT molecular complexity index is 1150. The second-order valence-corrected chi connectivity index (χ2v) is 8.66. The summed E-state index contributed by atoms with van der Waals surface area (Å²) in [5.74, 6) is -1.19. The molecule has 1 aliphatic heterocycles. The van der Waals surface area contributed by atoms with Crippen molar-refractivity contribution >= 4 is 29.1 Å². The summed E-state index contributed by atoms with van der Waals surface area (Å²) in [6.07, 6.45) is 0. The Hall–Kier alpha value is -3.23. The second-order valence-electron chi connectivity index (χ2n) is 8.26. The van der Waals surface area contributed by atoms with Gasteiger partial charge in [-0.3, -0.25) is 9.59 Å². The summed E-state index contributed by atoms with van der Waals surface area (Å²) in [7, 11) is 0. The number of aliphatic hydroxyl groups is 1. The number of benzene rings is 2. The third-order valence-electron chi connectivity index (χ3n) is 6.20. The zero-order valence-electron chi connectivity index (χ0n) is 21.1. The molecule has 1 fully saturated rings. The summed E-state index contributed by atoms with van der Waals surface area (Å²) >= 11 is 6.32. The van der Waals surface area contributed by atoms with Gasteiger partial charge in [-0.25, -0.2) is 0 Å². The lowest BCUT2D eigenvalue weighted by molar-refractivity contribution is -0.140. The summed E-state index contributed by atoms with van der Waals surface area (Å²) in [6.45, 7) is 10.8. The number of phenols is 1. The number of nitrogens with zero attached hydrogens (tertiary/aromatic N) is 2. The molecule has 2 aromatic rings. The van der Waals surface area contributed by atoms with E-state index in [1.165, 1.54) is 17.0 Å². The predicted octanol–water partition coefficient (Wildman–Crippen LogP) is 4.61. The van der Waals surface area contributed by atoms with Gasteiger partial charge >= 0.3 is 0 Å². The molecule has 1 aliphatic rings. The lowest BCUT2D eigenvalue weighted by atomic mass is 9.95. The highest BCUT2D eigenvalue weighted by molar-refractivity contribution is 6.46. The molecule has 0 aliphatic carbocycles. The molecular formula is C27H33ClN2O6. The number of Topliss-reactive ketones (excluding diaryl/α,β-unsaturated/α-hetero) is 1. The number of ketones is 1. The summed E-state index contributed by atoms with van der Waals surface area (Å²) in [5.41, 5.74) is 0.778. The van der Waals surface area contributed by atoms with Crippen molar-refractivity contribution in [1.29, 1.82) is 0 Å². The van der Waals surface area contributed by atoms with Crippen LogP contribution in [0, 0.1) is 0 Å². The number of rotatable bonds is 11. The normalized spacial score (nSPS) is 17.2. The summed E-state index contributed by atoms with van der Waals surface area (Å²) in [4.78, 5) is 30.1. The van der Waals surface area contributed by atoms with Crippen molar-refractivity contribution in [2.24, 2.45) is 0 Å². The molecule has 8 nitrogen and oxygen atoms in total. The maximum atomic E-state index is 13.3. The highest BCUT2D eigenvalue weighted by Crippen LogP contribution is 2.42. The molecule has 1 saturated heterocycles. The minimum absolute atomic E-state index is 0.0482. The largest absolute Gasteiger partial charge is 0.507 e. The molecule has 2 aromatic carbocycles. The van der Waals surface area contributed by atoms with E-state index in [1.807, 2.05) is 20.8 Å². The number of phenolic OH excluding ortho intramolecular Hbond substituents is 1. The van der Waals surface area contributed by atoms with E-state index in [0.29, 0.717) is 36.6 Å². The number of hydrogen-bond donors (Lipinski definition) is 2. The summed E-state index contributed by atoms with van der Waals surface area (Å²) in [6, 6.07) is 8.51. The first kappa shape index (κ1) is 27.4. The fourth-order valence-electron chi connectivity index (χ4n) is 4.29. The lowest BCUT2D eigenvalue weighted by Crippen LogP contribution is -2.38. The number of carbonyl (C=O) groups excluding carboxylic acids is 2. The summed E-state index contributed by atoms with van der Waals surface area (Å²) in [5, 5.41) is 21.8. The minimum Gasteiger partial charge on any atom is -0.507 e. The van der Waals surface area contributed by atoms with Gasteiger partial charge in [0.1, 0.15) is 11.5 Å². The number of halogens is 1. The average Bonchev–Trinajstić information content (AvgIpc) is 3.12. The molecule has 0 radical (unpaired) electrons. The van der Waals surface area contributed by atoms with Crippen LogP contribution >= 0.6 is 11.6 Å². The molecule has 1 atom stereocenters. The standard InChI is InChI=1S/C27H33ClN2O6/c1-5-29(6-2)13-14-30-24(17-9-11-20(31)22(16-17)36-8-4)23(26(33)27(30)34)25(32)18-10-12-21(35-7-3)19(28)15-18/h9-12,15-16,24,31-32H,5-8,13-14H2,1-4H3/b25-23-. The third-order valence-corrected chi connectivity index (χ3v) is 6.49. The first-order chi connectivity index (χ1) is 17.3. The molecule has 0 bridgehead atoms. The van der Waals surface area contributed by atoms with Crippen molar-refractivity contribution in [3.05, 3.63) is 58.1 Å². The van der Waals surface area contributed by atoms with E-state index in [1.54, 1.807) is 31.2 Å². The van der Waals surface area contributed by atoms with Crippen LogP contribution in [0.4, 0.5) is 0 Å². The fraction of sp³-hybridized carbons (Fsp3) is 0.407. The van der Waals surface area contributed by atoms with Crippen molar-refractivity contribution in [1.82, 2.24) is 9.80 Å². The molecule has 9 heteroatoms. The van der Waals surface area contributed by atoms with Gasteiger partial charge < -0.3 is 29.5 Å². The highest BCUT2D eigenvalue weighted by Gasteiger charge is 2.46. The molecule has 3 rings (SSSR count). The van der Waals surface area contributed by atoms with Crippen molar-refractivity contribution in [2.75, 3.05) is 39.4 Å². The maximum absolute atomic E-state index is 13.3. The molecule has 194 valence electrons. The number of amides is 1. The van der Waals surface area contributed by atoms with Gasteiger partial charge in [0.2, 0.25) is 0 Å². The number of likely N-dealkylation sites (tertiary alicyclic amines) is 1. The van der Waals surface area contributed by atoms with E-state index < -0.39 is 17.7 Å². The molecule has 0 spiro atoms. The molecule has 1 amide bonds. The average molecular weight is 517 g/mol. The molecule has 0 saturated carbocycles. The fourth-order valence-corrected chi connectivity index (χ4v) is 4.53. The molecule has 0 aromatic heterocycles. The Morgan fingerprint density at radius 3 is 2.28 bits per heavy atom. The van der Waals surface area contributed by atoms with E-state index in [9.17, 15) is 19.8 Å². The molecular weight excluding hydrogens is 484 g/mol. The van der Waals surface area contributed by atoms with E-state index in [-0.39, 0.29) is 34.4 Å².